The van der Waals surface area contributed by atoms with E-state index in [9.17, 15) is 0 Å². The van der Waals surface area contributed by atoms with Gasteiger partial charge in [-0.25, -0.2) is 0 Å². The summed E-state index contributed by atoms with van der Waals surface area (Å²) in [6, 6.07) is 21.3. The Bertz CT molecular complexity index is 1560. The van der Waals surface area contributed by atoms with E-state index < -0.39 is 0 Å². The molecule has 4 aromatic rings. The van der Waals surface area contributed by atoms with E-state index in [1.165, 1.54) is 67.6 Å². The molecule has 0 aromatic heterocycles. The molecule has 0 aliphatic rings. The Balaban J connectivity index is 2.44. The quantitative estimate of drug-likeness (QED) is 0.152. The molecular weight excluding hydrogens is 540 g/mol. The fourth-order valence-electron chi connectivity index (χ4n) is 8.10. The average Bonchev–Trinajstić information content (AvgIpc) is 2.96. The SMILES string of the molecule is CCCc1cc(CCC)c(-c2c(C(C)C)c(-c3ccccc3)c(C(C)C)c(-c3c(C)cc(C)cc3C)c2C(C)C)c(CCC)c1. The first-order chi connectivity index (χ1) is 21.5. The Labute approximate surface area is 276 Å². The summed E-state index contributed by atoms with van der Waals surface area (Å²) in [5.41, 5.74) is 22.2. The number of benzene rings is 4. The summed E-state index contributed by atoms with van der Waals surface area (Å²) in [5.74, 6) is 1.12. The minimum absolute atomic E-state index is 0.370. The van der Waals surface area contributed by atoms with Crippen LogP contribution in [0.5, 0.6) is 0 Å². The van der Waals surface area contributed by atoms with Crippen molar-refractivity contribution >= 4 is 0 Å². The van der Waals surface area contributed by atoms with Crippen molar-refractivity contribution in [2.75, 3.05) is 0 Å². The van der Waals surface area contributed by atoms with Crippen LogP contribution in [-0.4, -0.2) is 0 Å². The van der Waals surface area contributed by atoms with Gasteiger partial charge in [0.1, 0.15) is 0 Å². The first kappa shape index (κ1) is 34.7. The highest BCUT2D eigenvalue weighted by Crippen LogP contribution is 2.54. The summed E-state index contributed by atoms with van der Waals surface area (Å²) in [4.78, 5) is 0. The second-order valence-electron chi connectivity index (χ2n) is 14.5. The minimum atomic E-state index is 0.370. The van der Waals surface area contributed by atoms with Gasteiger partial charge in [-0.2, -0.15) is 0 Å². The number of hydrogen-bond donors (Lipinski definition) is 0. The molecule has 0 N–H and O–H groups in total. The van der Waals surface area contributed by atoms with E-state index in [0.717, 1.165) is 32.1 Å². The number of rotatable bonds is 12. The van der Waals surface area contributed by atoms with Crippen LogP contribution in [0.1, 0.15) is 149 Å². The van der Waals surface area contributed by atoms with Gasteiger partial charge in [0.25, 0.3) is 0 Å². The Morgan fingerprint density at radius 2 is 0.889 bits per heavy atom. The lowest BCUT2D eigenvalue weighted by atomic mass is 9.69. The molecule has 0 bridgehead atoms. The van der Waals surface area contributed by atoms with Crippen molar-refractivity contribution in [1.29, 1.82) is 0 Å². The second kappa shape index (κ2) is 15.0. The number of aryl methyl sites for hydroxylation is 6. The summed E-state index contributed by atoms with van der Waals surface area (Å²) in [7, 11) is 0. The minimum Gasteiger partial charge on any atom is -0.0651 e. The molecule has 45 heavy (non-hydrogen) atoms. The Morgan fingerprint density at radius 3 is 1.31 bits per heavy atom. The predicted molar refractivity (Wildman–Crippen MR) is 201 cm³/mol. The number of hydrogen-bond acceptors (Lipinski definition) is 0. The van der Waals surface area contributed by atoms with E-state index in [0.29, 0.717) is 17.8 Å². The van der Waals surface area contributed by atoms with Crippen molar-refractivity contribution in [2.24, 2.45) is 0 Å². The van der Waals surface area contributed by atoms with Gasteiger partial charge in [-0.05, 0) is 136 Å². The van der Waals surface area contributed by atoms with Gasteiger partial charge in [0.05, 0.1) is 0 Å². The molecule has 0 heteroatoms. The van der Waals surface area contributed by atoms with Gasteiger partial charge < -0.3 is 0 Å². The maximum atomic E-state index is 2.58. The fourth-order valence-corrected chi connectivity index (χ4v) is 8.10. The molecule has 0 atom stereocenters. The molecule has 0 unspecified atom stereocenters. The average molecular weight is 601 g/mol. The fraction of sp³-hybridized carbons (Fsp3) is 0.467. The molecule has 0 saturated carbocycles. The normalized spacial score (nSPS) is 11.8. The van der Waals surface area contributed by atoms with Gasteiger partial charge in [0, 0.05) is 0 Å². The van der Waals surface area contributed by atoms with E-state index >= 15 is 0 Å². The van der Waals surface area contributed by atoms with Crippen molar-refractivity contribution in [1.82, 2.24) is 0 Å². The molecule has 0 nitrogen and oxygen atoms in total. The zero-order chi connectivity index (χ0) is 33.0. The van der Waals surface area contributed by atoms with Gasteiger partial charge in [0.15, 0.2) is 0 Å². The van der Waals surface area contributed by atoms with Crippen LogP contribution >= 0.6 is 0 Å². The summed E-state index contributed by atoms with van der Waals surface area (Å²) < 4.78 is 0. The molecule has 240 valence electrons. The Kier molecular flexibility index (Phi) is 11.6. The molecule has 0 aliphatic heterocycles. The maximum Gasteiger partial charge on any atom is -0.00964 e. The Morgan fingerprint density at radius 1 is 0.467 bits per heavy atom. The first-order valence-electron chi connectivity index (χ1n) is 18.0. The largest absolute Gasteiger partial charge is 0.0651 e. The zero-order valence-corrected chi connectivity index (χ0v) is 30.7. The van der Waals surface area contributed by atoms with E-state index in [1.54, 1.807) is 22.3 Å². The van der Waals surface area contributed by atoms with Crippen molar-refractivity contribution < 1.29 is 0 Å². The molecule has 4 rings (SSSR count). The monoisotopic (exact) mass is 600 g/mol. The highest BCUT2D eigenvalue weighted by Gasteiger charge is 2.32. The topological polar surface area (TPSA) is 0 Å². The van der Waals surface area contributed by atoms with Gasteiger partial charge in [0.2, 0.25) is 0 Å². The lowest BCUT2D eigenvalue weighted by molar-refractivity contribution is 0.810. The third kappa shape index (κ3) is 7.01. The molecule has 0 aliphatic carbocycles. The van der Waals surface area contributed by atoms with Gasteiger partial charge in [-0.1, -0.05) is 142 Å². The molecular formula is C45H60. The molecule has 4 aromatic carbocycles. The summed E-state index contributed by atoms with van der Waals surface area (Å²) in [6.45, 7) is 28.5. The lowest BCUT2D eigenvalue weighted by Gasteiger charge is -2.34. The van der Waals surface area contributed by atoms with Crippen LogP contribution in [0.15, 0.2) is 54.6 Å². The molecule has 0 amide bonds. The maximum absolute atomic E-state index is 2.58. The molecule has 0 heterocycles. The van der Waals surface area contributed by atoms with Crippen LogP contribution in [0.2, 0.25) is 0 Å². The third-order valence-electron chi connectivity index (χ3n) is 9.53. The van der Waals surface area contributed by atoms with Crippen LogP contribution in [0.25, 0.3) is 33.4 Å². The van der Waals surface area contributed by atoms with E-state index in [4.69, 9.17) is 0 Å². The van der Waals surface area contributed by atoms with E-state index in [1.807, 2.05) is 0 Å². The second-order valence-corrected chi connectivity index (χ2v) is 14.5. The van der Waals surface area contributed by atoms with Crippen LogP contribution in [0.4, 0.5) is 0 Å². The standard InChI is InChI=1S/C45H60/c1-13-19-34-26-36(20-14-2)42(37(27-34)21-15-3)45-39(29(6)7)43(35-22-17-16-18-23-35)38(28(4)5)44(40(45)30(8)9)41-32(11)24-31(10)25-33(41)12/h16-18,22-30H,13-15,19-21H2,1-12H3. The van der Waals surface area contributed by atoms with Gasteiger partial charge in [-0.3, -0.25) is 0 Å². The lowest BCUT2D eigenvalue weighted by Crippen LogP contribution is -2.14. The van der Waals surface area contributed by atoms with Crippen LogP contribution in [-0.2, 0) is 19.3 Å². The third-order valence-corrected chi connectivity index (χ3v) is 9.53. The molecule has 0 saturated heterocycles. The highest BCUT2D eigenvalue weighted by atomic mass is 14.4. The highest BCUT2D eigenvalue weighted by molar-refractivity contribution is 5.96. The summed E-state index contributed by atoms with van der Waals surface area (Å²) in [6.07, 6.45) is 6.87. The van der Waals surface area contributed by atoms with Crippen molar-refractivity contribution in [2.45, 2.75) is 139 Å². The predicted octanol–water partition coefficient (Wildman–Crippen LogP) is 13.8. The van der Waals surface area contributed by atoms with Gasteiger partial charge >= 0.3 is 0 Å². The van der Waals surface area contributed by atoms with E-state index in [2.05, 4.69) is 138 Å². The molecule has 0 spiro atoms. The van der Waals surface area contributed by atoms with Crippen molar-refractivity contribution in [3.63, 3.8) is 0 Å². The molecule has 0 radical (unpaired) electrons. The van der Waals surface area contributed by atoms with Crippen LogP contribution < -0.4 is 0 Å². The zero-order valence-electron chi connectivity index (χ0n) is 30.7. The Hall–Kier alpha value is -3.12. The molecule has 0 fully saturated rings. The van der Waals surface area contributed by atoms with E-state index in [-0.39, 0.29) is 0 Å². The van der Waals surface area contributed by atoms with Crippen LogP contribution in [0.3, 0.4) is 0 Å². The van der Waals surface area contributed by atoms with Crippen molar-refractivity contribution in [3.8, 4) is 33.4 Å². The first-order valence-corrected chi connectivity index (χ1v) is 18.0. The smallest absolute Gasteiger partial charge is 0.00964 e. The van der Waals surface area contributed by atoms with Gasteiger partial charge in [-0.15, -0.1) is 0 Å². The van der Waals surface area contributed by atoms with Crippen molar-refractivity contribution in [3.05, 3.63) is 105 Å². The summed E-state index contributed by atoms with van der Waals surface area (Å²) in [5, 5.41) is 0. The summed E-state index contributed by atoms with van der Waals surface area (Å²) >= 11 is 0. The van der Waals surface area contributed by atoms with Crippen LogP contribution in [0, 0.1) is 20.8 Å².